The Balaban J connectivity index is 0. The molecule has 0 aliphatic heterocycles. The highest BCUT2D eigenvalue weighted by molar-refractivity contribution is 8.93. The SMILES string of the molecule is Br.CCCCCCCCCCCCCCCCC(CCCCCCCCCCCCCC)C(C)(C)C. The number of hydrogen-bond donors (Lipinski definition) is 0. The Hall–Kier alpha value is 0.480. The molecule has 0 heterocycles. The third-order valence-electron chi connectivity index (χ3n) is 8.54. The van der Waals surface area contributed by atoms with Crippen LogP contribution >= 0.6 is 17.0 Å². The Morgan fingerprint density at radius 1 is 0.333 bits per heavy atom. The highest BCUT2D eigenvalue weighted by Gasteiger charge is 2.23. The van der Waals surface area contributed by atoms with Crippen LogP contribution in [0, 0.1) is 11.3 Å². The molecule has 0 radical (unpaired) electrons. The van der Waals surface area contributed by atoms with Gasteiger partial charge < -0.3 is 0 Å². The van der Waals surface area contributed by atoms with Crippen LogP contribution < -0.4 is 0 Å². The second-order valence-electron chi connectivity index (χ2n) is 13.1. The van der Waals surface area contributed by atoms with Crippen molar-refractivity contribution in [2.45, 2.75) is 214 Å². The predicted octanol–water partition coefficient (Wildman–Crippen LogP) is 14.2. The van der Waals surface area contributed by atoms with Gasteiger partial charge >= 0.3 is 0 Å². The minimum atomic E-state index is 0. The second-order valence-corrected chi connectivity index (χ2v) is 13.1. The molecule has 0 spiro atoms. The van der Waals surface area contributed by atoms with E-state index < -0.39 is 0 Å². The van der Waals surface area contributed by atoms with Crippen LogP contribution in [-0.2, 0) is 0 Å². The lowest BCUT2D eigenvalue weighted by molar-refractivity contribution is 0.201. The molecule has 0 bridgehead atoms. The van der Waals surface area contributed by atoms with Gasteiger partial charge in [0.15, 0.2) is 0 Å². The van der Waals surface area contributed by atoms with Gasteiger partial charge in [-0.1, -0.05) is 202 Å². The van der Waals surface area contributed by atoms with Gasteiger partial charge in [0.25, 0.3) is 0 Å². The fourth-order valence-corrected chi connectivity index (χ4v) is 5.83. The topological polar surface area (TPSA) is 0 Å². The van der Waals surface area contributed by atoms with E-state index in [2.05, 4.69) is 34.6 Å². The number of halogens is 1. The molecular weight excluding hydrogens is 500 g/mol. The van der Waals surface area contributed by atoms with Crippen LogP contribution in [-0.4, -0.2) is 0 Å². The molecule has 1 heteroatoms. The molecule has 0 amide bonds. The maximum absolute atomic E-state index is 2.49. The summed E-state index contributed by atoms with van der Waals surface area (Å²) in [6.45, 7) is 12.1. The van der Waals surface area contributed by atoms with Crippen LogP contribution in [0.25, 0.3) is 0 Å². The molecule has 0 fully saturated rings. The number of unbranched alkanes of at least 4 members (excludes halogenated alkanes) is 24. The van der Waals surface area contributed by atoms with Gasteiger partial charge in [0.05, 0.1) is 0 Å². The molecule has 0 N–H and O–H groups in total. The van der Waals surface area contributed by atoms with E-state index >= 15 is 0 Å². The normalized spacial score (nSPS) is 12.6. The van der Waals surface area contributed by atoms with Crippen molar-refractivity contribution in [2.24, 2.45) is 11.3 Å². The standard InChI is InChI=1S/C35H72.BrH/c1-6-8-10-12-14-16-18-20-21-23-25-27-29-31-33-34(35(3,4)5)32-30-28-26-24-22-19-17-15-13-11-9-7-2;/h34H,6-33H2,1-5H3;1H. The lowest BCUT2D eigenvalue weighted by Crippen LogP contribution is -2.20. The Labute approximate surface area is 242 Å². The zero-order valence-corrected chi connectivity index (χ0v) is 28.0. The first kappa shape index (κ1) is 38.6. The van der Waals surface area contributed by atoms with Crippen LogP contribution in [0.4, 0.5) is 0 Å². The third kappa shape index (κ3) is 29.0. The van der Waals surface area contributed by atoms with E-state index in [1.807, 2.05) is 0 Å². The maximum Gasteiger partial charge on any atom is -0.0354 e. The van der Waals surface area contributed by atoms with Gasteiger partial charge in [-0.05, 0) is 24.2 Å². The minimum absolute atomic E-state index is 0. The molecule has 220 valence electrons. The molecule has 0 aliphatic rings. The van der Waals surface area contributed by atoms with Gasteiger partial charge in [-0.3, -0.25) is 0 Å². The summed E-state index contributed by atoms with van der Waals surface area (Å²) in [5.41, 5.74) is 0.494. The van der Waals surface area contributed by atoms with Gasteiger partial charge in [-0.25, -0.2) is 0 Å². The van der Waals surface area contributed by atoms with E-state index in [0.717, 1.165) is 5.92 Å². The first-order valence-electron chi connectivity index (χ1n) is 17.0. The molecule has 1 unspecified atom stereocenters. The minimum Gasteiger partial charge on any atom is -0.114 e. The molecule has 0 aliphatic carbocycles. The molecule has 0 aromatic heterocycles. The summed E-state index contributed by atoms with van der Waals surface area (Å²) in [4.78, 5) is 0. The van der Waals surface area contributed by atoms with Crippen molar-refractivity contribution in [3.05, 3.63) is 0 Å². The first-order chi connectivity index (χ1) is 17.0. The molecule has 0 nitrogen and oxygen atoms in total. The molecule has 36 heavy (non-hydrogen) atoms. The monoisotopic (exact) mass is 572 g/mol. The summed E-state index contributed by atoms with van der Waals surface area (Å²) >= 11 is 0. The van der Waals surface area contributed by atoms with E-state index in [1.165, 1.54) is 180 Å². The average molecular weight is 574 g/mol. The van der Waals surface area contributed by atoms with Crippen molar-refractivity contribution in [3.63, 3.8) is 0 Å². The van der Waals surface area contributed by atoms with Gasteiger partial charge in [0.1, 0.15) is 0 Å². The quantitative estimate of drug-likeness (QED) is 0.0817. The zero-order valence-electron chi connectivity index (χ0n) is 26.3. The van der Waals surface area contributed by atoms with Gasteiger partial charge in [-0.2, -0.15) is 0 Å². The summed E-state index contributed by atoms with van der Waals surface area (Å²) in [5, 5.41) is 0. The average Bonchev–Trinajstić information content (AvgIpc) is 2.82. The molecule has 1 atom stereocenters. The zero-order chi connectivity index (χ0) is 25.9. The summed E-state index contributed by atoms with van der Waals surface area (Å²) in [7, 11) is 0. The van der Waals surface area contributed by atoms with Crippen LogP contribution in [0.3, 0.4) is 0 Å². The molecule has 0 aromatic carbocycles. The Kier molecular flexibility index (Phi) is 32.2. The number of hydrogen-bond acceptors (Lipinski definition) is 0. The maximum atomic E-state index is 2.49. The van der Waals surface area contributed by atoms with Crippen molar-refractivity contribution in [1.29, 1.82) is 0 Å². The predicted molar refractivity (Wildman–Crippen MR) is 174 cm³/mol. The summed E-state index contributed by atoms with van der Waals surface area (Å²) < 4.78 is 0. The van der Waals surface area contributed by atoms with E-state index in [1.54, 1.807) is 0 Å². The summed E-state index contributed by atoms with van der Waals surface area (Å²) in [6.07, 6.45) is 41.1. The summed E-state index contributed by atoms with van der Waals surface area (Å²) in [6, 6.07) is 0. The van der Waals surface area contributed by atoms with Crippen LogP contribution in [0.2, 0.25) is 0 Å². The van der Waals surface area contributed by atoms with Gasteiger partial charge in [0.2, 0.25) is 0 Å². The van der Waals surface area contributed by atoms with Crippen molar-refractivity contribution < 1.29 is 0 Å². The van der Waals surface area contributed by atoms with E-state index in [-0.39, 0.29) is 17.0 Å². The van der Waals surface area contributed by atoms with Crippen molar-refractivity contribution in [3.8, 4) is 0 Å². The number of rotatable bonds is 28. The van der Waals surface area contributed by atoms with Crippen molar-refractivity contribution in [2.75, 3.05) is 0 Å². The van der Waals surface area contributed by atoms with E-state index in [0.29, 0.717) is 5.41 Å². The Bertz CT molecular complexity index is 383. The summed E-state index contributed by atoms with van der Waals surface area (Å²) in [5.74, 6) is 0.933. The smallest absolute Gasteiger partial charge is 0.0354 e. The lowest BCUT2D eigenvalue weighted by atomic mass is 9.75. The lowest BCUT2D eigenvalue weighted by Gasteiger charge is -2.31. The van der Waals surface area contributed by atoms with Crippen LogP contribution in [0.5, 0.6) is 0 Å². The van der Waals surface area contributed by atoms with Gasteiger partial charge in [0, 0.05) is 0 Å². The third-order valence-corrected chi connectivity index (χ3v) is 8.54. The fraction of sp³-hybridized carbons (Fsp3) is 1.00. The first-order valence-corrected chi connectivity index (χ1v) is 17.0. The van der Waals surface area contributed by atoms with E-state index in [4.69, 9.17) is 0 Å². The van der Waals surface area contributed by atoms with Gasteiger partial charge in [-0.15, -0.1) is 17.0 Å². The Morgan fingerprint density at radius 2 is 0.528 bits per heavy atom. The molecular formula is C35H73Br. The fourth-order valence-electron chi connectivity index (χ4n) is 5.83. The highest BCUT2D eigenvalue weighted by atomic mass is 79.9. The second kappa shape index (κ2) is 30.0. The van der Waals surface area contributed by atoms with E-state index in [9.17, 15) is 0 Å². The van der Waals surface area contributed by atoms with Crippen molar-refractivity contribution in [1.82, 2.24) is 0 Å². The molecule has 0 saturated heterocycles. The molecule has 0 rings (SSSR count). The Morgan fingerprint density at radius 3 is 0.722 bits per heavy atom. The van der Waals surface area contributed by atoms with Crippen molar-refractivity contribution >= 4 is 17.0 Å². The largest absolute Gasteiger partial charge is 0.114 e. The van der Waals surface area contributed by atoms with Crippen LogP contribution in [0.15, 0.2) is 0 Å². The highest BCUT2D eigenvalue weighted by Crippen LogP contribution is 2.34. The van der Waals surface area contributed by atoms with Crippen LogP contribution in [0.1, 0.15) is 214 Å². The molecule has 0 saturated carbocycles. The molecule has 0 aromatic rings.